The van der Waals surface area contributed by atoms with E-state index in [2.05, 4.69) is 9.97 Å². The van der Waals surface area contributed by atoms with Crippen LogP contribution in [0.4, 0.5) is 0 Å². The molecule has 0 radical (unpaired) electrons. The summed E-state index contributed by atoms with van der Waals surface area (Å²) in [5, 5.41) is 1.92. The van der Waals surface area contributed by atoms with Crippen LogP contribution in [0, 0.1) is 0 Å². The van der Waals surface area contributed by atoms with Crippen molar-refractivity contribution >= 4 is 17.6 Å². The van der Waals surface area contributed by atoms with Gasteiger partial charge in [0, 0.05) is 18.0 Å². The van der Waals surface area contributed by atoms with Gasteiger partial charge < -0.3 is 0 Å². The molecule has 0 bridgehead atoms. The second-order valence-electron chi connectivity index (χ2n) is 2.48. The van der Waals surface area contributed by atoms with E-state index >= 15 is 0 Å². The smallest absolute Gasteiger partial charge is 0.160 e. The van der Waals surface area contributed by atoms with Crippen LogP contribution in [-0.2, 0) is 0 Å². The Bertz CT molecular complexity index is 411. The first kappa shape index (κ1) is 8.07. The maximum atomic E-state index is 10.4. The highest BCUT2D eigenvalue weighted by atomic mass is 32.1. The molecule has 2 heterocycles. The Labute approximate surface area is 79.1 Å². The highest BCUT2D eigenvalue weighted by Gasteiger charge is 2.01. The van der Waals surface area contributed by atoms with Gasteiger partial charge in [-0.25, -0.2) is 9.97 Å². The van der Waals surface area contributed by atoms with Crippen molar-refractivity contribution in [1.29, 1.82) is 0 Å². The third kappa shape index (κ3) is 1.62. The van der Waals surface area contributed by atoms with Crippen LogP contribution < -0.4 is 0 Å². The van der Waals surface area contributed by atoms with Crippen molar-refractivity contribution in [3.8, 4) is 11.1 Å². The molecule has 0 saturated carbocycles. The monoisotopic (exact) mass is 190 g/mol. The van der Waals surface area contributed by atoms with E-state index in [-0.39, 0.29) is 0 Å². The Morgan fingerprint density at radius 3 is 2.62 bits per heavy atom. The quantitative estimate of drug-likeness (QED) is 0.680. The number of aromatic nitrogens is 2. The number of rotatable bonds is 2. The van der Waals surface area contributed by atoms with E-state index in [9.17, 15) is 4.79 Å². The van der Waals surface area contributed by atoms with Crippen LogP contribution in [0.25, 0.3) is 11.1 Å². The summed E-state index contributed by atoms with van der Waals surface area (Å²) in [7, 11) is 0. The minimum atomic E-state index is 0.721. The van der Waals surface area contributed by atoms with E-state index in [4.69, 9.17) is 0 Å². The van der Waals surface area contributed by atoms with Gasteiger partial charge in [-0.3, -0.25) is 4.79 Å². The summed E-state index contributed by atoms with van der Waals surface area (Å²) in [5.74, 6) is 0. The Morgan fingerprint density at radius 1 is 1.23 bits per heavy atom. The average Bonchev–Trinajstić information content (AvgIpc) is 2.67. The van der Waals surface area contributed by atoms with Gasteiger partial charge >= 0.3 is 0 Å². The Morgan fingerprint density at radius 2 is 2.00 bits per heavy atom. The lowest BCUT2D eigenvalue weighted by molar-refractivity contribution is 0.112. The van der Waals surface area contributed by atoms with Gasteiger partial charge in [0.2, 0.25) is 0 Å². The summed E-state index contributed by atoms with van der Waals surface area (Å²) < 4.78 is 0. The van der Waals surface area contributed by atoms with Gasteiger partial charge in [0.25, 0.3) is 0 Å². The predicted octanol–water partition coefficient (Wildman–Crippen LogP) is 2.02. The van der Waals surface area contributed by atoms with Gasteiger partial charge in [-0.1, -0.05) is 0 Å². The van der Waals surface area contributed by atoms with Crippen molar-refractivity contribution in [3.05, 3.63) is 35.0 Å². The summed E-state index contributed by atoms with van der Waals surface area (Å²) in [6.07, 6.45) is 5.78. The molecule has 0 fully saturated rings. The van der Waals surface area contributed by atoms with Gasteiger partial charge in [-0.05, 0) is 17.0 Å². The molecule has 0 saturated heterocycles. The summed E-state index contributed by atoms with van der Waals surface area (Å²) in [6.45, 7) is 0. The molecule has 0 atom stereocenters. The van der Waals surface area contributed by atoms with Crippen LogP contribution in [0.15, 0.2) is 30.2 Å². The van der Waals surface area contributed by atoms with Gasteiger partial charge in [0.1, 0.15) is 6.33 Å². The zero-order valence-electron chi connectivity index (χ0n) is 6.68. The fourth-order valence-electron chi connectivity index (χ4n) is 1.01. The van der Waals surface area contributed by atoms with E-state index in [1.54, 1.807) is 12.4 Å². The highest BCUT2D eigenvalue weighted by molar-refractivity contribution is 7.12. The first-order valence-electron chi connectivity index (χ1n) is 3.69. The molecule has 64 valence electrons. The van der Waals surface area contributed by atoms with Crippen LogP contribution in [0.3, 0.4) is 0 Å². The van der Waals surface area contributed by atoms with E-state index in [0.717, 1.165) is 22.3 Å². The van der Waals surface area contributed by atoms with E-state index in [1.807, 2.05) is 11.4 Å². The molecule has 0 spiro atoms. The fraction of sp³-hybridized carbons (Fsp3) is 0. The van der Waals surface area contributed by atoms with Crippen molar-refractivity contribution in [2.75, 3.05) is 0 Å². The second kappa shape index (κ2) is 3.45. The molecular formula is C9H6N2OS. The summed E-state index contributed by atoms with van der Waals surface area (Å²) in [5.41, 5.74) is 1.93. The minimum Gasteiger partial charge on any atom is -0.297 e. The SMILES string of the molecule is O=Cc1cc(-c2cncnc2)cs1. The third-order valence-corrected chi connectivity index (χ3v) is 2.49. The van der Waals surface area contributed by atoms with Crippen molar-refractivity contribution in [1.82, 2.24) is 9.97 Å². The van der Waals surface area contributed by atoms with E-state index < -0.39 is 0 Å². The van der Waals surface area contributed by atoms with Crippen LogP contribution in [0.1, 0.15) is 9.67 Å². The average molecular weight is 190 g/mol. The van der Waals surface area contributed by atoms with Crippen molar-refractivity contribution in [2.45, 2.75) is 0 Å². The Balaban J connectivity index is 2.41. The molecule has 0 aliphatic rings. The van der Waals surface area contributed by atoms with Crippen LogP contribution in [-0.4, -0.2) is 16.3 Å². The topological polar surface area (TPSA) is 42.9 Å². The second-order valence-corrected chi connectivity index (χ2v) is 3.43. The summed E-state index contributed by atoms with van der Waals surface area (Å²) in [4.78, 5) is 19.0. The Kier molecular flexibility index (Phi) is 2.14. The molecule has 2 rings (SSSR count). The van der Waals surface area contributed by atoms with Crippen molar-refractivity contribution in [3.63, 3.8) is 0 Å². The first-order chi connectivity index (χ1) is 6.40. The number of hydrogen-bond acceptors (Lipinski definition) is 4. The highest BCUT2D eigenvalue weighted by Crippen LogP contribution is 2.22. The van der Waals surface area contributed by atoms with Crippen LogP contribution >= 0.6 is 11.3 Å². The lowest BCUT2D eigenvalue weighted by atomic mass is 10.2. The van der Waals surface area contributed by atoms with E-state index in [1.165, 1.54) is 17.7 Å². The van der Waals surface area contributed by atoms with Gasteiger partial charge in [-0.2, -0.15) is 0 Å². The molecule has 2 aromatic heterocycles. The summed E-state index contributed by atoms with van der Waals surface area (Å²) in [6, 6.07) is 1.83. The van der Waals surface area contributed by atoms with Crippen LogP contribution in [0.5, 0.6) is 0 Å². The number of thiophene rings is 1. The lowest BCUT2D eigenvalue weighted by Crippen LogP contribution is -1.78. The van der Waals surface area contributed by atoms with Gasteiger partial charge in [0.15, 0.2) is 6.29 Å². The number of nitrogens with zero attached hydrogens (tertiary/aromatic N) is 2. The number of carbonyl (C=O) groups excluding carboxylic acids is 1. The molecule has 13 heavy (non-hydrogen) atoms. The number of hydrogen-bond donors (Lipinski definition) is 0. The fourth-order valence-corrected chi connectivity index (χ4v) is 1.73. The standard InChI is InChI=1S/C9H6N2OS/c12-4-9-1-7(5-13-9)8-2-10-6-11-3-8/h1-6H. The van der Waals surface area contributed by atoms with Gasteiger partial charge in [0.05, 0.1) is 4.88 Å². The normalized spacial score (nSPS) is 9.85. The Hall–Kier alpha value is -1.55. The van der Waals surface area contributed by atoms with E-state index in [0.29, 0.717) is 0 Å². The molecular weight excluding hydrogens is 184 g/mol. The molecule has 0 aromatic carbocycles. The molecule has 0 aliphatic carbocycles. The molecule has 2 aromatic rings. The van der Waals surface area contributed by atoms with Crippen LogP contribution in [0.2, 0.25) is 0 Å². The first-order valence-corrected chi connectivity index (χ1v) is 4.57. The maximum absolute atomic E-state index is 10.4. The molecule has 0 unspecified atom stereocenters. The summed E-state index contributed by atoms with van der Waals surface area (Å²) >= 11 is 1.42. The molecule has 4 heteroatoms. The van der Waals surface area contributed by atoms with Gasteiger partial charge in [-0.15, -0.1) is 11.3 Å². The number of aldehydes is 1. The predicted molar refractivity (Wildman–Crippen MR) is 50.7 cm³/mol. The number of carbonyl (C=O) groups is 1. The molecule has 0 amide bonds. The molecule has 0 N–H and O–H groups in total. The molecule has 0 aliphatic heterocycles. The third-order valence-electron chi connectivity index (χ3n) is 1.63. The van der Waals surface area contributed by atoms with Crippen molar-refractivity contribution < 1.29 is 4.79 Å². The molecule has 3 nitrogen and oxygen atoms in total. The maximum Gasteiger partial charge on any atom is 0.160 e. The zero-order chi connectivity index (χ0) is 9.10. The lowest BCUT2D eigenvalue weighted by Gasteiger charge is -1.92. The zero-order valence-corrected chi connectivity index (χ0v) is 7.49. The van der Waals surface area contributed by atoms with Crippen molar-refractivity contribution in [2.24, 2.45) is 0 Å². The minimum absolute atomic E-state index is 0.721. The largest absolute Gasteiger partial charge is 0.297 e.